The number of urea groups is 1. The summed E-state index contributed by atoms with van der Waals surface area (Å²) in [5.74, 6) is -2.71. The third-order valence-electron chi connectivity index (χ3n) is 2.34. The average molecular weight is 301 g/mol. The van der Waals surface area contributed by atoms with Crippen molar-refractivity contribution in [2.45, 2.75) is 32.4 Å². The number of thiazole rings is 1. The lowest BCUT2D eigenvalue weighted by molar-refractivity contribution is -0.145. The Morgan fingerprint density at radius 3 is 2.45 bits per heavy atom. The van der Waals surface area contributed by atoms with Gasteiger partial charge in [0.1, 0.15) is 11.0 Å². The molecule has 9 heteroatoms. The maximum Gasteiger partial charge on any atom is 0.326 e. The molecule has 0 spiro atoms. The van der Waals surface area contributed by atoms with Crippen LogP contribution in [0.2, 0.25) is 0 Å². The summed E-state index contributed by atoms with van der Waals surface area (Å²) in [7, 11) is 0. The molecule has 0 fully saturated rings. The van der Waals surface area contributed by atoms with Crippen LogP contribution in [-0.2, 0) is 9.59 Å². The second kappa shape index (κ2) is 6.85. The Morgan fingerprint density at radius 2 is 2.00 bits per heavy atom. The van der Waals surface area contributed by atoms with Gasteiger partial charge in [0.2, 0.25) is 0 Å². The van der Waals surface area contributed by atoms with E-state index in [1.165, 1.54) is 11.3 Å². The highest BCUT2D eigenvalue weighted by atomic mass is 32.1. The van der Waals surface area contributed by atoms with Gasteiger partial charge in [-0.1, -0.05) is 0 Å². The summed E-state index contributed by atoms with van der Waals surface area (Å²) in [6, 6.07) is -2.62. The van der Waals surface area contributed by atoms with E-state index >= 15 is 0 Å². The van der Waals surface area contributed by atoms with Crippen LogP contribution in [0.25, 0.3) is 0 Å². The minimum Gasteiger partial charge on any atom is -0.481 e. The number of nitrogens with zero attached hydrogens (tertiary/aromatic N) is 1. The number of aliphatic carboxylic acids is 2. The summed E-state index contributed by atoms with van der Waals surface area (Å²) in [4.78, 5) is 38.0. The SMILES string of the molecule is Cc1cnc(C(C)NC(=O)NC(CC(=O)O)C(=O)O)s1. The first-order valence-electron chi connectivity index (χ1n) is 5.73. The largest absolute Gasteiger partial charge is 0.481 e. The van der Waals surface area contributed by atoms with E-state index in [2.05, 4.69) is 15.6 Å². The van der Waals surface area contributed by atoms with Gasteiger partial charge in [-0.15, -0.1) is 11.3 Å². The Kier molecular flexibility index (Phi) is 5.44. The van der Waals surface area contributed by atoms with E-state index < -0.39 is 36.5 Å². The number of hydrogen-bond donors (Lipinski definition) is 4. The number of rotatable bonds is 6. The molecular weight excluding hydrogens is 286 g/mol. The minimum atomic E-state index is -1.47. The molecule has 0 bridgehead atoms. The van der Waals surface area contributed by atoms with Crippen molar-refractivity contribution in [3.63, 3.8) is 0 Å². The lowest BCUT2D eigenvalue weighted by Crippen LogP contribution is -2.47. The summed E-state index contributed by atoms with van der Waals surface area (Å²) < 4.78 is 0. The van der Waals surface area contributed by atoms with Gasteiger partial charge in [-0.25, -0.2) is 14.6 Å². The molecule has 110 valence electrons. The molecule has 0 aliphatic heterocycles. The maximum absolute atomic E-state index is 11.6. The van der Waals surface area contributed by atoms with Gasteiger partial charge in [0, 0.05) is 11.1 Å². The number of aromatic nitrogens is 1. The van der Waals surface area contributed by atoms with Crippen LogP contribution in [0.3, 0.4) is 0 Å². The Balaban J connectivity index is 2.57. The zero-order valence-electron chi connectivity index (χ0n) is 10.9. The van der Waals surface area contributed by atoms with Crippen molar-refractivity contribution in [1.82, 2.24) is 15.6 Å². The molecule has 0 aromatic carbocycles. The number of hydrogen-bond acceptors (Lipinski definition) is 5. The molecule has 0 saturated carbocycles. The number of amides is 2. The first kappa shape index (κ1) is 15.9. The van der Waals surface area contributed by atoms with Crippen LogP contribution in [0.5, 0.6) is 0 Å². The van der Waals surface area contributed by atoms with E-state index in [0.717, 1.165) is 4.88 Å². The van der Waals surface area contributed by atoms with Crippen LogP contribution in [0, 0.1) is 6.92 Å². The Hall–Kier alpha value is -2.16. The molecule has 2 atom stereocenters. The standard InChI is InChI=1S/C11H15N3O5S/c1-5-4-12-9(20-5)6(2)13-11(19)14-7(10(17)18)3-8(15)16/h4,6-7H,3H2,1-2H3,(H,15,16)(H,17,18)(H2,13,14,19). The highest BCUT2D eigenvalue weighted by molar-refractivity contribution is 7.11. The second-order valence-electron chi connectivity index (χ2n) is 4.14. The fraction of sp³-hybridized carbons (Fsp3) is 0.455. The monoisotopic (exact) mass is 301 g/mol. The predicted octanol–water partition coefficient (Wildman–Crippen LogP) is 0.740. The van der Waals surface area contributed by atoms with Gasteiger partial charge in [-0.2, -0.15) is 0 Å². The Morgan fingerprint density at radius 1 is 1.35 bits per heavy atom. The van der Waals surface area contributed by atoms with Gasteiger partial charge in [0.15, 0.2) is 0 Å². The van der Waals surface area contributed by atoms with E-state index in [0.29, 0.717) is 5.01 Å². The van der Waals surface area contributed by atoms with Crippen LogP contribution < -0.4 is 10.6 Å². The smallest absolute Gasteiger partial charge is 0.326 e. The molecule has 8 nitrogen and oxygen atoms in total. The van der Waals surface area contributed by atoms with Crippen molar-refractivity contribution in [2.75, 3.05) is 0 Å². The van der Waals surface area contributed by atoms with Gasteiger partial charge in [0.05, 0.1) is 12.5 Å². The molecule has 1 rings (SSSR count). The van der Waals surface area contributed by atoms with Crippen molar-refractivity contribution in [1.29, 1.82) is 0 Å². The lowest BCUT2D eigenvalue weighted by atomic mass is 10.2. The van der Waals surface area contributed by atoms with Gasteiger partial charge < -0.3 is 20.8 Å². The number of nitrogens with one attached hydrogen (secondary N) is 2. The van der Waals surface area contributed by atoms with Gasteiger partial charge in [0.25, 0.3) is 0 Å². The van der Waals surface area contributed by atoms with E-state index in [1.807, 2.05) is 6.92 Å². The van der Waals surface area contributed by atoms with Gasteiger partial charge in [-0.3, -0.25) is 4.79 Å². The Labute approximate surface area is 118 Å². The summed E-state index contributed by atoms with van der Waals surface area (Å²) in [5, 5.41) is 22.7. The highest BCUT2D eigenvalue weighted by Crippen LogP contribution is 2.18. The van der Waals surface area contributed by atoms with E-state index in [1.54, 1.807) is 13.1 Å². The molecule has 0 saturated heterocycles. The van der Waals surface area contributed by atoms with Crippen molar-refractivity contribution < 1.29 is 24.6 Å². The highest BCUT2D eigenvalue weighted by Gasteiger charge is 2.24. The normalized spacial score (nSPS) is 13.3. The second-order valence-corrected chi connectivity index (χ2v) is 5.40. The summed E-state index contributed by atoms with van der Waals surface area (Å²) >= 11 is 1.41. The van der Waals surface area contributed by atoms with Gasteiger partial charge in [-0.05, 0) is 13.8 Å². The molecule has 0 radical (unpaired) electrons. The van der Waals surface area contributed by atoms with Crippen molar-refractivity contribution in [3.05, 3.63) is 16.1 Å². The van der Waals surface area contributed by atoms with Crippen molar-refractivity contribution in [2.24, 2.45) is 0 Å². The molecule has 20 heavy (non-hydrogen) atoms. The van der Waals surface area contributed by atoms with Crippen LogP contribution in [-0.4, -0.2) is 39.2 Å². The molecular formula is C11H15N3O5S. The van der Waals surface area contributed by atoms with Gasteiger partial charge >= 0.3 is 18.0 Å². The molecule has 4 N–H and O–H groups in total. The molecule has 2 amide bonds. The average Bonchev–Trinajstić information content (AvgIpc) is 2.74. The first-order valence-corrected chi connectivity index (χ1v) is 6.55. The number of carboxylic acid groups (broad SMARTS) is 2. The number of carboxylic acids is 2. The van der Waals surface area contributed by atoms with E-state index in [4.69, 9.17) is 10.2 Å². The third kappa shape index (κ3) is 4.84. The van der Waals surface area contributed by atoms with Crippen LogP contribution in [0.1, 0.15) is 29.3 Å². The molecule has 1 heterocycles. The minimum absolute atomic E-state index is 0.395. The summed E-state index contributed by atoms with van der Waals surface area (Å²) in [5.41, 5.74) is 0. The van der Waals surface area contributed by atoms with Crippen LogP contribution >= 0.6 is 11.3 Å². The predicted molar refractivity (Wildman–Crippen MR) is 70.6 cm³/mol. The third-order valence-corrected chi connectivity index (χ3v) is 3.43. The number of carbonyl (C=O) groups is 3. The van der Waals surface area contributed by atoms with Crippen molar-refractivity contribution in [3.8, 4) is 0 Å². The molecule has 1 aromatic rings. The maximum atomic E-state index is 11.6. The Bertz CT molecular complexity index is 516. The fourth-order valence-electron chi connectivity index (χ4n) is 1.41. The zero-order valence-corrected chi connectivity index (χ0v) is 11.7. The molecule has 0 aliphatic carbocycles. The molecule has 2 unspecified atom stereocenters. The van der Waals surface area contributed by atoms with Crippen molar-refractivity contribution >= 4 is 29.3 Å². The first-order chi connectivity index (χ1) is 9.29. The summed E-state index contributed by atoms with van der Waals surface area (Å²) in [6.07, 6.45) is 0.980. The van der Waals surface area contributed by atoms with E-state index in [9.17, 15) is 14.4 Å². The van der Waals surface area contributed by atoms with Crippen LogP contribution in [0.4, 0.5) is 4.79 Å². The molecule has 0 aliphatic rings. The zero-order chi connectivity index (χ0) is 15.3. The van der Waals surface area contributed by atoms with E-state index in [-0.39, 0.29) is 0 Å². The van der Waals surface area contributed by atoms with Crippen LogP contribution in [0.15, 0.2) is 6.20 Å². The quantitative estimate of drug-likeness (QED) is 0.613. The topological polar surface area (TPSA) is 129 Å². The lowest BCUT2D eigenvalue weighted by Gasteiger charge is -2.16. The summed E-state index contributed by atoms with van der Waals surface area (Å²) in [6.45, 7) is 3.58. The fourth-order valence-corrected chi connectivity index (χ4v) is 2.18. The number of carbonyl (C=O) groups excluding carboxylic acids is 1. The number of aryl methyl sites for hydroxylation is 1. The molecule has 1 aromatic heterocycles.